The number of fused-ring (bicyclic) bond motifs is 1. The van der Waals surface area contributed by atoms with Crippen LogP contribution in [-0.2, 0) is 6.42 Å². The summed E-state index contributed by atoms with van der Waals surface area (Å²) in [4.78, 5) is 4.54. The zero-order valence-corrected chi connectivity index (χ0v) is 12.5. The lowest BCUT2D eigenvalue weighted by molar-refractivity contribution is 0.463. The smallest absolute Gasteiger partial charge is 0.0485 e. The molecule has 2 atom stereocenters. The fourth-order valence-electron chi connectivity index (χ4n) is 3.03. The number of pyridine rings is 1. The third-order valence-electron chi connectivity index (χ3n) is 4.01. The van der Waals surface area contributed by atoms with Gasteiger partial charge in [0.1, 0.15) is 0 Å². The maximum absolute atomic E-state index is 6.48. The summed E-state index contributed by atoms with van der Waals surface area (Å²) in [6.07, 6.45) is 5.05. The van der Waals surface area contributed by atoms with Gasteiger partial charge in [-0.15, -0.1) is 0 Å². The van der Waals surface area contributed by atoms with Crippen LogP contribution in [0.2, 0.25) is 10.0 Å². The molecule has 2 N–H and O–H groups in total. The molecule has 1 aliphatic rings. The van der Waals surface area contributed by atoms with E-state index in [1.807, 2.05) is 30.5 Å². The molecule has 104 valence electrons. The molecule has 4 heteroatoms. The molecule has 0 saturated heterocycles. The molecule has 0 aliphatic heterocycles. The summed E-state index contributed by atoms with van der Waals surface area (Å²) < 4.78 is 0. The summed E-state index contributed by atoms with van der Waals surface area (Å²) in [5.41, 5.74) is 9.70. The Morgan fingerprint density at radius 2 is 1.90 bits per heavy atom. The lowest BCUT2D eigenvalue weighted by Crippen LogP contribution is -2.25. The van der Waals surface area contributed by atoms with Crippen LogP contribution in [0.4, 0.5) is 0 Å². The summed E-state index contributed by atoms with van der Waals surface area (Å²) >= 11 is 12.6. The van der Waals surface area contributed by atoms with Gasteiger partial charge in [-0.25, -0.2) is 0 Å². The van der Waals surface area contributed by atoms with Crippen molar-refractivity contribution in [2.45, 2.75) is 31.2 Å². The molecule has 0 spiro atoms. The van der Waals surface area contributed by atoms with E-state index in [0.717, 1.165) is 30.5 Å². The Morgan fingerprint density at radius 1 is 1.15 bits per heavy atom. The first-order valence-corrected chi connectivity index (χ1v) is 7.57. The van der Waals surface area contributed by atoms with Gasteiger partial charge in [0.15, 0.2) is 0 Å². The van der Waals surface area contributed by atoms with Crippen LogP contribution in [0, 0.1) is 0 Å². The normalized spacial score (nSPS) is 19.4. The van der Waals surface area contributed by atoms with E-state index in [9.17, 15) is 0 Å². The first-order valence-electron chi connectivity index (χ1n) is 6.81. The van der Waals surface area contributed by atoms with Crippen LogP contribution in [0.1, 0.15) is 41.6 Å². The zero-order chi connectivity index (χ0) is 14.1. The molecule has 1 aliphatic carbocycles. The Morgan fingerprint density at radius 3 is 2.65 bits per heavy atom. The highest BCUT2D eigenvalue weighted by atomic mass is 35.5. The average Bonchev–Trinajstić information content (AvgIpc) is 2.46. The molecular formula is C16H16Cl2N2. The number of halogens is 2. The second-order valence-electron chi connectivity index (χ2n) is 5.21. The number of aromatic nitrogens is 1. The minimum absolute atomic E-state index is 0.178. The van der Waals surface area contributed by atoms with E-state index in [-0.39, 0.29) is 12.0 Å². The molecule has 0 saturated carbocycles. The van der Waals surface area contributed by atoms with Crippen LogP contribution in [0.25, 0.3) is 0 Å². The van der Waals surface area contributed by atoms with Gasteiger partial charge < -0.3 is 5.73 Å². The van der Waals surface area contributed by atoms with Crippen molar-refractivity contribution in [3.63, 3.8) is 0 Å². The van der Waals surface area contributed by atoms with E-state index in [4.69, 9.17) is 28.9 Å². The molecule has 2 unspecified atom stereocenters. The lowest BCUT2D eigenvalue weighted by atomic mass is 9.80. The Hall–Kier alpha value is -1.09. The van der Waals surface area contributed by atoms with Crippen molar-refractivity contribution in [2.75, 3.05) is 0 Å². The Kier molecular flexibility index (Phi) is 3.97. The average molecular weight is 307 g/mol. The predicted octanol–water partition coefficient (Wildman–Crippen LogP) is 4.51. The van der Waals surface area contributed by atoms with Gasteiger partial charge in [0.05, 0.1) is 0 Å². The van der Waals surface area contributed by atoms with Crippen molar-refractivity contribution >= 4 is 23.2 Å². The fraction of sp³-hybridized carbons (Fsp3) is 0.312. The number of benzene rings is 1. The molecule has 0 bridgehead atoms. The summed E-state index contributed by atoms with van der Waals surface area (Å²) in [5, 5.41) is 1.26. The van der Waals surface area contributed by atoms with E-state index in [2.05, 4.69) is 11.1 Å². The van der Waals surface area contributed by atoms with Crippen LogP contribution in [-0.4, -0.2) is 4.98 Å². The van der Waals surface area contributed by atoms with Crippen molar-refractivity contribution < 1.29 is 0 Å². The molecule has 1 heterocycles. The van der Waals surface area contributed by atoms with Gasteiger partial charge in [0, 0.05) is 39.5 Å². The largest absolute Gasteiger partial charge is 0.323 e. The van der Waals surface area contributed by atoms with Gasteiger partial charge in [-0.3, -0.25) is 4.98 Å². The van der Waals surface area contributed by atoms with E-state index in [1.165, 1.54) is 5.56 Å². The van der Waals surface area contributed by atoms with Crippen LogP contribution >= 0.6 is 23.2 Å². The minimum atomic E-state index is -0.217. The molecular weight excluding hydrogens is 291 g/mol. The van der Waals surface area contributed by atoms with Crippen LogP contribution in [0.3, 0.4) is 0 Å². The zero-order valence-electron chi connectivity index (χ0n) is 11.0. The highest BCUT2D eigenvalue weighted by molar-refractivity contribution is 6.36. The van der Waals surface area contributed by atoms with Crippen LogP contribution < -0.4 is 5.73 Å². The van der Waals surface area contributed by atoms with Crippen molar-refractivity contribution in [1.82, 2.24) is 4.98 Å². The second-order valence-corrected chi connectivity index (χ2v) is 6.02. The van der Waals surface area contributed by atoms with Gasteiger partial charge in [-0.05, 0) is 43.0 Å². The van der Waals surface area contributed by atoms with E-state index >= 15 is 0 Å². The number of hydrogen-bond donors (Lipinski definition) is 1. The molecule has 0 fully saturated rings. The highest BCUT2D eigenvalue weighted by Gasteiger charge is 2.29. The van der Waals surface area contributed by atoms with E-state index in [1.54, 1.807) is 0 Å². The summed E-state index contributed by atoms with van der Waals surface area (Å²) in [5.74, 6) is 0.178. The van der Waals surface area contributed by atoms with E-state index in [0.29, 0.717) is 10.0 Å². The number of hydrogen-bond acceptors (Lipinski definition) is 2. The lowest BCUT2D eigenvalue weighted by Gasteiger charge is -2.30. The third-order valence-corrected chi connectivity index (χ3v) is 4.66. The Balaban J connectivity index is 2.02. The van der Waals surface area contributed by atoms with Gasteiger partial charge in [0.2, 0.25) is 0 Å². The van der Waals surface area contributed by atoms with Crippen molar-refractivity contribution in [2.24, 2.45) is 5.73 Å². The molecule has 3 rings (SSSR count). The summed E-state index contributed by atoms with van der Waals surface area (Å²) in [6, 6.07) is 9.42. The first-order chi connectivity index (χ1) is 9.68. The van der Waals surface area contributed by atoms with Gasteiger partial charge in [0.25, 0.3) is 0 Å². The predicted molar refractivity (Wildman–Crippen MR) is 83.3 cm³/mol. The van der Waals surface area contributed by atoms with Gasteiger partial charge in [-0.1, -0.05) is 35.3 Å². The van der Waals surface area contributed by atoms with Crippen molar-refractivity contribution in [1.29, 1.82) is 0 Å². The summed E-state index contributed by atoms with van der Waals surface area (Å²) in [7, 11) is 0. The SMILES string of the molecule is NC(c1c(Cl)cccc1Cl)C1CCCc2cccnc21. The standard InChI is InChI=1S/C16H16Cl2N2/c17-12-7-2-8-13(18)14(12)15(19)11-6-1-4-10-5-3-9-20-16(10)11/h2-3,5,7-9,11,15H,1,4,6,19H2. The number of aryl methyl sites for hydroxylation is 1. The highest BCUT2D eigenvalue weighted by Crippen LogP contribution is 2.41. The fourth-order valence-corrected chi connectivity index (χ4v) is 3.67. The molecule has 0 radical (unpaired) electrons. The molecule has 2 aromatic rings. The molecule has 0 amide bonds. The van der Waals surface area contributed by atoms with Crippen molar-refractivity contribution in [3.05, 3.63) is 63.4 Å². The number of rotatable bonds is 2. The number of nitrogens with two attached hydrogens (primary N) is 1. The Labute approximate surface area is 128 Å². The Bertz CT molecular complexity index is 607. The minimum Gasteiger partial charge on any atom is -0.323 e. The second kappa shape index (κ2) is 5.72. The van der Waals surface area contributed by atoms with Crippen LogP contribution in [0.5, 0.6) is 0 Å². The summed E-state index contributed by atoms with van der Waals surface area (Å²) in [6.45, 7) is 0. The van der Waals surface area contributed by atoms with Gasteiger partial charge in [-0.2, -0.15) is 0 Å². The molecule has 2 nitrogen and oxygen atoms in total. The molecule has 1 aromatic heterocycles. The third kappa shape index (κ3) is 2.44. The maximum Gasteiger partial charge on any atom is 0.0485 e. The van der Waals surface area contributed by atoms with Gasteiger partial charge >= 0.3 is 0 Å². The molecule has 1 aromatic carbocycles. The quantitative estimate of drug-likeness (QED) is 0.886. The van der Waals surface area contributed by atoms with E-state index < -0.39 is 0 Å². The first kappa shape index (κ1) is 13.9. The maximum atomic E-state index is 6.48. The topological polar surface area (TPSA) is 38.9 Å². The van der Waals surface area contributed by atoms with Crippen LogP contribution in [0.15, 0.2) is 36.5 Å². The number of nitrogens with zero attached hydrogens (tertiary/aromatic N) is 1. The molecule has 20 heavy (non-hydrogen) atoms. The monoisotopic (exact) mass is 306 g/mol. The van der Waals surface area contributed by atoms with Crippen molar-refractivity contribution in [3.8, 4) is 0 Å².